The predicted octanol–water partition coefficient (Wildman–Crippen LogP) is 4.05. The maximum absolute atomic E-state index is 2.54. The van der Waals surface area contributed by atoms with Crippen LogP contribution in [0, 0.1) is 0 Å². The van der Waals surface area contributed by atoms with Crippen LogP contribution in [-0.2, 0) is -4.17 Å². The summed E-state index contributed by atoms with van der Waals surface area (Å²) in [7, 11) is 0. The topological polar surface area (TPSA) is 0 Å². The van der Waals surface area contributed by atoms with Crippen molar-refractivity contribution in [2.75, 3.05) is 0 Å². The molecule has 0 aromatic carbocycles. The molecule has 0 spiro atoms. The standard InChI is InChI=1S/B.5HI.V/h;5*1H;/q;;;;;;+5/p-5. The van der Waals surface area contributed by atoms with Crippen LogP contribution in [0.5, 0.6) is 0 Å². The summed E-state index contributed by atoms with van der Waals surface area (Å²) in [5.41, 5.74) is 0. The summed E-state index contributed by atoms with van der Waals surface area (Å²) < 4.78 is -1.64. The van der Waals surface area contributed by atoms with Gasteiger partial charge in [-0.2, -0.15) is 0 Å². The van der Waals surface area contributed by atoms with Crippen molar-refractivity contribution in [2.24, 2.45) is 0 Å². The summed E-state index contributed by atoms with van der Waals surface area (Å²) in [6.45, 7) is 0. The SMILES string of the molecule is [B].[I][V]([I])([I])([I])[I]. The predicted molar refractivity (Wildman–Crippen MR) is 75.9 cm³/mol. The Morgan fingerprint density at radius 1 is 0.714 bits per heavy atom. The van der Waals surface area contributed by atoms with Crippen LogP contribution in [0.3, 0.4) is 0 Å². The number of halogens is 5. The Bertz CT molecular complexity index is 41.3. The second kappa shape index (κ2) is 4.36. The van der Waals surface area contributed by atoms with E-state index in [9.17, 15) is 0 Å². The Morgan fingerprint density at radius 3 is 0.714 bits per heavy atom. The molecule has 7 heavy (non-hydrogen) atoms. The van der Waals surface area contributed by atoms with E-state index in [1.54, 1.807) is 0 Å². The van der Waals surface area contributed by atoms with Gasteiger partial charge in [0.25, 0.3) is 0 Å². The molecule has 0 N–H and O–H groups in total. The Kier molecular flexibility index (Phi) is 8.62. The van der Waals surface area contributed by atoms with Gasteiger partial charge in [0.1, 0.15) is 0 Å². The van der Waals surface area contributed by atoms with Crippen LogP contribution < -0.4 is 0 Å². The van der Waals surface area contributed by atoms with Crippen LogP contribution in [-0.4, -0.2) is 8.41 Å². The zero-order valence-electron chi connectivity index (χ0n) is 2.91. The quantitative estimate of drug-likeness (QED) is 0.265. The molecule has 0 heterocycles. The zero-order valence-corrected chi connectivity index (χ0v) is 15.1. The van der Waals surface area contributed by atoms with Gasteiger partial charge in [-0.1, -0.05) is 0 Å². The molecule has 7 heteroatoms. The van der Waals surface area contributed by atoms with Crippen molar-refractivity contribution in [2.45, 2.75) is 0 Å². The van der Waals surface area contributed by atoms with E-state index in [4.69, 9.17) is 0 Å². The third-order valence-electron chi connectivity index (χ3n) is 0. The summed E-state index contributed by atoms with van der Waals surface area (Å²) >= 11 is 12.7. The first-order valence-corrected chi connectivity index (χ1v) is 23.4. The molecule has 0 nitrogen and oxygen atoms in total. The van der Waals surface area contributed by atoms with Crippen LogP contribution in [0.25, 0.3) is 0 Å². The van der Waals surface area contributed by atoms with Gasteiger partial charge in [-0.05, 0) is 0 Å². The molecule has 0 aromatic rings. The molecule has 0 saturated carbocycles. The van der Waals surface area contributed by atoms with Gasteiger partial charge in [-0.25, -0.2) is 0 Å². The van der Waals surface area contributed by atoms with Gasteiger partial charge in [0.15, 0.2) is 0 Å². The van der Waals surface area contributed by atoms with Crippen LogP contribution >= 0.6 is 99.9 Å². The molecule has 0 aliphatic rings. The summed E-state index contributed by atoms with van der Waals surface area (Å²) in [6, 6.07) is 0. The molecule has 43 valence electrons. The normalized spacial score (nSPS) is 16.4. The molecule has 0 aromatic heterocycles. The molecule has 0 amide bonds. The zero-order chi connectivity index (χ0) is 5.45. The van der Waals surface area contributed by atoms with E-state index in [0.717, 1.165) is 0 Å². The van der Waals surface area contributed by atoms with Crippen LogP contribution in [0.1, 0.15) is 0 Å². The molecule has 0 atom stereocenters. The Labute approximate surface area is 101 Å². The van der Waals surface area contributed by atoms with Gasteiger partial charge >= 0.3 is 95.7 Å². The number of hydrogen-bond donors (Lipinski definition) is 0. The van der Waals surface area contributed by atoms with Crippen LogP contribution in [0.2, 0.25) is 0 Å². The molecule has 0 saturated heterocycles. The molecule has 0 aliphatic carbocycles. The molecular weight excluding hydrogens is 696 g/mol. The van der Waals surface area contributed by atoms with E-state index in [1.165, 1.54) is 0 Å². The Morgan fingerprint density at radius 2 is 0.714 bits per heavy atom. The maximum atomic E-state index is 2.54. The van der Waals surface area contributed by atoms with Crippen molar-refractivity contribution in [3.05, 3.63) is 0 Å². The van der Waals surface area contributed by atoms with Gasteiger partial charge in [-0.3, -0.25) is 0 Å². The van der Waals surface area contributed by atoms with Crippen molar-refractivity contribution in [3.8, 4) is 0 Å². The second-order valence-corrected chi connectivity index (χ2v) is 119. The van der Waals surface area contributed by atoms with Crippen LogP contribution in [0.15, 0.2) is 0 Å². The van der Waals surface area contributed by atoms with Crippen molar-refractivity contribution >= 4 is 108 Å². The van der Waals surface area contributed by atoms with E-state index in [-0.39, 0.29) is 8.41 Å². The fraction of sp³-hybridized carbons (Fsp3) is 0. The van der Waals surface area contributed by atoms with Crippen molar-refractivity contribution < 1.29 is -4.17 Å². The molecule has 0 fully saturated rings. The van der Waals surface area contributed by atoms with Crippen LogP contribution in [0.4, 0.5) is 0 Å². The number of rotatable bonds is 0. The molecule has 0 bridgehead atoms. The third kappa shape index (κ3) is 38.4. The van der Waals surface area contributed by atoms with Gasteiger partial charge in [0.05, 0.1) is 0 Å². The first-order chi connectivity index (χ1) is 2.24. The Hall–Kier alpha value is 4.30. The second-order valence-electron chi connectivity index (χ2n) is 0.639. The third-order valence-corrected chi connectivity index (χ3v) is 0. The summed E-state index contributed by atoms with van der Waals surface area (Å²) in [4.78, 5) is 0. The van der Waals surface area contributed by atoms with Crippen molar-refractivity contribution in [1.82, 2.24) is 0 Å². The van der Waals surface area contributed by atoms with E-state index < -0.39 is -4.17 Å². The molecule has 0 rings (SSSR count). The van der Waals surface area contributed by atoms with Gasteiger partial charge in [-0.15, -0.1) is 0 Å². The fourth-order valence-corrected chi connectivity index (χ4v) is 0. The van der Waals surface area contributed by atoms with E-state index >= 15 is 0 Å². The average molecular weight is 696 g/mol. The molecule has 0 aliphatic heterocycles. The van der Waals surface area contributed by atoms with E-state index in [0.29, 0.717) is 0 Å². The fourth-order valence-electron chi connectivity index (χ4n) is 0. The Balaban J connectivity index is 0. The molecule has 3 radical (unpaired) electrons. The van der Waals surface area contributed by atoms with Gasteiger partial charge in [0, 0.05) is 8.41 Å². The van der Waals surface area contributed by atoms with E-state index in [1.807, 2.05) is 0 Å². The monoisotopic (exact) mass is 696 g/mol. The molecule has 0 unspecified atom stereocenters. The first-order valence-electron chi connectivity index (χ1n) is 0.845. The number of hydrogen-bond acceptors (Lipinski definition) is 0. The van der Waals surface area contributed by atoms with Crippen molar-refractivity contribution in [1.29, 1.82) is 0 Å². The van der Waals surface area contributed by atoms with Crippen molar-refractivity contribution in [3.63, 3.8) is 0 Å². The molecular formula is BI5V. The minimum atomic E-state index is -1.64. The average Bonchev–Trinajstić information content (AvgIpc) is 0.650. The minimum absolute atomic E-state index is 0. The van der Waals surface area contributed by atoms with Gasteiger partial charge < -0.3 is 0 Å². The summed E-state index contributed by atoms with van der Waals surface area (Å²) in [6.07, 6.45) is 0. The first kappa shape index (κ1) is 13.9. The summed E-state index contributed by atoms with van der Waals surface area (Å²) in [5.74, 6) is 0. The summed E-state index contributed by atoms with van der Waals surface area (Å²) in [5, 5.41) is 0. The van der Waals surface area contributed by atoms with E-state index in [2.05, 4.69) is 99.9 Å². The van der Waals surface area contributed by atoms with Gasteiger partial charge in [0.2, 0.25) is 0 Å².